The number of benzene rings is 1. The Morgan fingerprint density at radius 3 is 2.35 bits per heavy atom. The summed E-state index contributed by atoms with van der Waals surface area (Å²) in [6.45, 7) is 16.5. The van der Waals surface area contributed by atoms with Gasteiger partial charge < -0.3 is 0 Å². The molecule has 122 valence electrons. The summed E-state index contributed by atoms with van der Waals surface area (Å²) >= 11 is 6.27. The summed E-state index contributed by atoms with van der Waals surface area (Å²) in [6.07, 6.45) is 7.88. The van der Waals surface area contributed by atoms with Crippen LogP contribution in [-0.2, 0) is 0 Å². The number of nitrogens with zero attached hydrogens (tertiary/aromatic N) is 1. The number of aromatic nitrogens is 1. The van der Waals surface area contributed by atoms with Crippen LogP contribution < -0.4 is 0 Å². The number of pyridine rings is 1. The number of rotatable bonds is 3. The molecule has 0 bridgehead atoms. The van der Waals surface area contributed by atoms with E-state index in [0.717, 1.165) is 21.9 Å². The zero-order valence-electron chi connectivity index (χ0n) is 15.0. The second-order valence-electron chi connectivity index (χ2n) is 5.10. The monoisotopic (exact) mass is 327 g/mol. The first kappa shape index (κ1) is 19.2. The second kappa shape index (κ2) is 8.69. The van der Waals surface area contributed by atoms with E-state index in [0.29, 0.717) is 5.15 Å². The minimum Gasteiger partial charge on any atom is -0.244 e. The van der Waals surface area contributed by atoms with Gasteiger partial charge in [-0.25, -0.2) is 4.98 Å². The van der Waals surface area contributed by atoms with Crippen LogP contribution in [0.1, 0.15) is 44.4 Å². The van der Waals surface area contributed by atoms with Gasteiger partial charge in [0.05, 0.1) is 0 Å². The predicted molar refractivity (Wildman–Crippen MR) is 105 cm³/mol. The molecule has 0 saturated heterocycles. The van der Waals surface area contributed by atoms with Crippen molar-refractivity contribution in [3.63, 3.8) is 0 Å². The van der Waals surface area contributed by atoms with Gasteiger partial charge >= 0.3 is 0 Å². The molecule has 0 fully saturated rings. The molecule has 0 aliphatic rings. The number of fused-ring (bicyclic) bond motifs is 1. The van der Waals surface area contributed by atoms with Crippen molar-refractivity contribution in [2.24, 2.45) is 0 Å². The van der Waals surface area contributed by atoms with E-state index in [4.69, 9.17) is 11.6 Å². The van der Waals surface area contributed by atoms with E-state index in [1.54, 1.807) is 6.20 Å². The molecule has 0 radical (unpaired) electrons. The van der Waals surface area contributed by atoms with Crippen LogP contribution >= 0.6 is 11.6 Å². The summed E-state index contributed by atoms with van der Waals surface area (Å²) in [4.78, 5) is 4.20. The van der Waals surface area contributed by atoms with Crippen LogP contribution in [0.25, 0.3) is 16.3 Å². The first-order chi connectivity index (χ1) is 11.0. The summed E-state index contributed by atoms with van der Waals surface area (Å²) in [7, 11) is 0. The van der Waals surface area contributed by atoms with Gasteiger partial charge in [-0.2, -0.15) is 0 Å². The van der Waals surface area contributed by atoms with Crippen molar-refractivity contribution in [3.05, 3.63) is 70.6 Å². The molecule has 0 aliphatic heterocycles. The van der Waals surface area contributed by atoms with E-state index < -0.39 is 0 Å². The van der Waals surface area contributed by atoms with Crippen molar-refractivity contribution < 1.29 is 0 Å². The molecule has 0 atom stereocenters. The van der Waals surface area contributed by atoms with Gasteiger partial charge in [-0.15, -0.1) is 0 Å². The molecule has 2 rings (SSSR count). The molecule has 0 N–H and O–H groups in total. The quantitative estimate of drug-likeness (QED) is 0.434. The molecule has 1 aromatic carbocycles. The molecule has 1 aromatic heterocycles. The Kier molecular flexibility index (Phi) is 7.25. The molecular weight excluding hydrogens is 302 g/mol. The van der Waals surface area contributed by atoms with Crippen molar-refractivity contribution in [2.45, 2.75) is 41.5 Å². The number of allylic oxidation sites excluding steroid dienone is 5. The third-order valence-electron chi connectivity index (χ3n) is 3.89. The van der Waals surface area contributed by atoms with Gasteiger partial charge in [0.2, 0.25) is 0 Å². The lowest BCUT2D eigenvalue weighted by Crippen LogP contribution is -1.96. The second-order valence-corrected chi connectivity index (χ2v) is 5.46. The maximum atomic E-state index is 6.27. The fourth-order valence-corrected chi connectivity index (χ4v) is 2.87. The van der Waals surface area contributed by atoms with E-state index >= 15 is 0 Å². The topological polar surface area (TPSA) is 12.9 Å². The van der Waals surface area contributed by atoms with Crippen LogP contribution in [0.3, 0.4) is 0 Å². The molecule has 0 amide bonds. The Balaban J connectivity index is 0.00000127. The molecule has 0 aliphatic carbocycles. The van der Waals surface area contributed by atoms with Crippen LogP contribution in [0.15, 0.2) is 48.7 Å². The highest BCUT2D eigenvalue weighted by Gasteiger charge is 2.13. The van der Waals surface area contributed by atoms with Gasteiger partial charge in [-0.3, -0.25) is 0 Å². The van der Waals surface area contributed by atoms with Crippen LogP contribution in [0.5, 0.6) is 0 Å². The number of hydrogen-bond acceptors (Lipinski definition) is 1. The zero-order chi connectivity index (χ0) is 17.6. The van der Waals surface area contributed by atoms with Gasteiger partial charge in [-0.1, -0.05) is 50.3 Å². The average Bonchev–Trinajstić information content (AvgIpc) is 2.56. The lowest BCUT2D eigenvalue weighted by atomic mass is 9.89. The molecule has 0 saturated carbocycles. The summed E-state index contributed by atoms with van der Waals surface area (Å²) in [5.41, 5.74) is 5.79. The van der Waals surface area contributed by atoms with E-state index in [2.05, 4.69) is 37.6 Å². The first-order valence-corrected chi connectivity index (χ1v) is 8.42. The molecule has 0 unspecified atom stereocenters. The minimum atomic E-state index is 0.545. The van der Waals surface area contributed by atoms with Crippen LogP contribution in [0.2, 0.25) is 5.15 Å². The first-order valence-electron chi connectivity index (χ1n) is 8.04. The van der Waals surface area contributed by atoms with E-state index in [1.165, 1.54) is 16.7 Å². The minimum absolute atomic E-state index is 0.545. The predicted octanol–water partition coefficient (Wildman–Crippen LogP) is 7.07. The van der Waals surface area contributed by atoms with Crippen LogP contribution in [-0.4, -0.2) is 4.98 Å². The summed E-state index contributed by atoms with van der Waals surface area (Å²) < 4.78 is 0. The highest BCUT2D eigenvalue weighted by atomic mass is 35.5. The Morgan fingerprint density at radius 2 is 1.78 bits per heavy atom. The fraction of sp³-hybridized carbons (Fsp3) is 0.286. The molecule has 1 heterocycles. The Morgan fingerprint density at radius 1 is 1.13 bits per heavy atom. The summed E-state index contributed by atoms with van der Waals surface area (Å²) in [6, 6.07) is 4.14. The van der Waals surface area contributed by atoms with Gasteiger partial charge in [-0.05, 0) is 73.1 Å². The summed E-state index contributed by atoms with van der Waals surface area (Å²) in [5.74, 6) is 0. The van der Waals surface area contributed by atoms with E-state index in [9.17, 15) is 0 Å². The molecule has 1 nitrogen and oxygen atoms in total. The van der Waals surface area contributed by atoms with Crippen molar-refractivity contribution >= 4 is 27.9 Å². The Hall–Kier alpha value is -1.86. The van der Waals surface area contributed by atoms with Crippen molar-refractivity contribution in [1.82, 2.24) is 4.98 Å². The zero-order valence-corrected chi connectivity index (χ0v) is 15.8. The largest absolute Gasteiger partial charge is 0.244 e. The summed E-state index contributed by atoms with van der Waals surface area (Å²) in [5, 5.41) is 2.69. The SMILES string of the molecule is C=C(/C=C\C)/C(=C\C)c1cc2c(Cl)nccc2c(C)c1C.CC. The standard InChI is InChI=1S/C19H20ClN.C2H6/c1-6-8-12(3)15(7-2)17-11-18-16(13(4)14(17)5)9-10-21-19(18)20;1-2/h6-11H,3H2,1-2,4-5H3;1-2H3/b8-6-,15-7+;. The normalized spacial score (nSPS) is 11.5. The van der Waals surface area contributed by atoms with E-state index in [1.807, 2.05) is 45.9 Å². The van der Waals surface area contributed by atoms with Crippen LogP contribution in [0, 0.1) is 13.8 Å². The Labute approximate surface area is 145 Å². The van der Waals surface area contributed by atoms with Gasteiger partial charge in [0.15, 0.2) is 0 Å². The van der Waals surface area contributed by atoms with Gasteiger partial charge in [0.1, 0.15) is 5.15 Å². The van der Waals surface area contributed by atoms with Crippen molar-refractivity contribution in [1.29, 1.82) is 0 Å². The Bertz CT molecular complexity index is 767. The molecule has 2 aromatic rings. The maximum absolute atomic E-state index is 6.27. The smallest absolute Gasteiger partial charge is 0.136 e. The lowest BCUT2D eigenvalue weighted by molar-refractivity contribution is 1.31. The van der Waals surface area contributed by atoms with Gasteiger partial charge in [0, 0.05) is 11.6 Å². The number of hydrogen-bond donors (Lipinski definition) is 0. The molecular formula is C21H26ClN. The van der Waals surface area contributed by atoms with E-state index in [-0.39, 0.29) is 0 Å². The maximum Gasteiger partial charge on any atom is 0.136 e. The third kappa shape index (κ3) is 3.92. The third-order valence-corrected chi connectivity index (χ3v) is 4.19. The fourth-order valence-electron chi connectivity index (χ4n) is 2.65. The van der Waals surface area contributed by atoms with Crippen molar-refractivity contribution in [2.75, 3.05) is 0 Å². The average molecular weight is 328 g/mol. The molecule has 23 heavy (non-hydrogen) atoms. The number of aryl methyl sites for hydroxylation is 1. The highest BCUT2D eigenvalue weighted by Crippen LogP contribution is 2.34. The van der Waals surface area contributed by atoms with Crippen molar-refractivity contribution in [3.8, 4) is 0 Å². The number of halogens is 1. The van der Waals surface area contributed by atoms with Gasteiger partial charge in [0.25, 0.3) is 0 Å². The molecule has 2 heteroatoms. The lowest BCUT2D eigenvalue weighted by Gasteiger charge is -2.16. The molecule has 0 spiro atoms. The van der Waals surface area contributed by atoms with Crippen LogP contribution in [0.4, 0.5) is 0 Å². The highest BCUT2D eigenvalue weighted by molar-refractivity contribution is 6.34.